The minimum Gasteiger partial charge on any atom is -0.393 e. The topological polar surface area (TPSA) is 61.7 Å². The molecule has 0 radical (unpaired) electrons. The molecule has 0 heterocycles. The van der Waals surface area contributed by atoms with Crippen molar-refractivity contribution in [3.05, 3.63) is 0 Å². The summed E-state index contributed by atoms with van der Waals surface area (Å²) in [5.41, 5.74) is -1.03. The van der Waals surface area contributed by atoms with Gasteiger partial charge in [0, 0.05) is 26.3 Å². The highest BCUT2D eigenvalue weighted by atomic mass is 16.5. The van der Waals surface area contributed by atoms with Crippen LogP contribution < -0.4 is 5.32 Å². The Morgan fingerprint density at radius 1 is 1.54 bits per heavy atom. The van der Waals surface area contributed by atoms with Crippen LogP contribution in [0.15, 0.2) is 0 Å². The second kappa shape index (κ2) is 6.32. The number of ether oxygens (including phenoxy) is 1. The van der Waals surface area contributed by atoms with Crippen LogP contribution in [0.1, 0.15) is 20.3 Å². The lowest BCUT2D eigenvalue weighted by Crippen LogP contribution is -2.44. The minimum absolute atomic E-state index is 0.225. The van der Waals surface area contributed by atoms with Gasteiger partial charge in [0.2, 0.25) is 0 Å². The van der Waals surface area contributed by atoms with E-state index in [1.165, 1.54) is 0 Å². The van der Waals surface area contributed by atoms with Gasteiger partial charge in [-0.3, -0.25) is 0 Å². The lowest BCUT2D eigenvalue weighted by atomic mass is 10.1. The van der Waals surface area contributed by atoms with Gasteiger partial charge in [0.05, 0.1) is 12.2 Å². The van der Waals surface area contributed by atoms with Gasteiger partial charge in [-0.1, -0.05) is 0 Å². The predicted molar refractivity (Wildman–Crippen MR) is 51.7 cm³/mol. The van der Waals surface area contributed by atoms with Crippen LogP contribution in [-0.4, -0.2) is 48.7 Å². The van der Waals surface area contributed by atoms with Gasteiger partial charge in [-0.25, -0.2) is 0 Å². The molecule has 80 valence electrons. The number of hydrogen-bond acceptors (Lipinski definition) is 4. The van der Waals surface area contributed by atoms with E-state index in [4.69, 9.17) is 9.84 Å². The monoisotopic (exact) mass is 191 g/mol. The maximum Gasteiger partial charge on any atom is 0.0972 e. The number of hydrogen-bond donors (Lipinski definition) is 3. The molecule has 4 heteroatoms. The first-order chi connectivity index (χ1) is 6.02. The lowest BCUT2D eigenvalue weighted by molar-refractivity contribution is 0.000470. The van der Waals surface area contributed by atoms with E-state index in [9.17, 15) is 5.11 Å². The van der Waals surface area contributed by atoms with Gasteiger partial charge in [-0.15, -0.1) is 0 Å². The molecule has 3 N–H and O–H groups in total. The Hall–Kier alpha value is -0.160. The van der Waals surface area contributed by atoms with E-state index in [-0.39, 0.29) is 12.6 Å². The fourth-order valence-corrected chi connectivity index (χ4v) is 0.847. The van der Waals surface area contributed by atoms with Gasteiger partial charge < -0.3 is 20.3 Å². The van der Waals surface area contributed by atoms with Crippen molar-refractivity contribution in [2.75, 3.05) is 26.9 Å². The first kappa shape index (κ1) is 12.8. The van der Waals surface area contributed by atoms with E-state index >= 15 is 0 Å². The molecule has 0 aromatic carbocycles. The SMILES string of the molecule is COCCC(C)NCC(C)(O)CO. The summed E-state index contributed by atoms with van der Waals surface area (Å²) in [4.78, 5) is 0. The number of nitrogens with one attached hydrogen (secondary N) is 1. The van der Waals surface area contributed by atoms with Crippen molar-refractivity contribution in [2.24, 2.45) is 0 Å². The first-order valence-corrected chi connectivity index (χ1v) is 4.57. The zero-order chi connectivity index (χ0) is 10.3. The largest absolute Gasteiger partial charge is 0.393 e. The lowest BCUT2D eigenvalue weighted by Gasteiger charge is -2.23. The molecule has 0 spiro atoms. The smallest absolute Gasteiger partial charge is 0.0972 e. The molecule has 0 aromatic rings. The molecule has 0 aromatic heterocycles. The second-order valence-corrected chi connectivity index (χ2v) is 3.72. The Morgan fingerprint density at radius 3 is 2.62 bits per heavy atom. The molecular weight excluding hydrogens is 170 g/mol. The predicted octanol–water partition coefficient (Wildman–Crippen LogP) is -0.256. The summed E-state index contributed by atoms with van der Waals surface area (Å²) < 4.78 is 4.92. The first-order valence-electron chi connectivity index (χ1n) is 4.57. The Balaban J connectivity index is 3.51. The fourth-order valence-electron chi connectivity index (χ4n) is 0.847. The summed E-state index contributed by atoms with van der Waals surface area (Å²) in [5, 5.41) is 21.3. The van der Waals surface area contributed by atoms with Crippen molar-refractivity contribution in [3.8, 4) is 0 Å². The highest BCUT2D eigenvalue weighted by Gasteiger charge is 2.18. The van der Waals surface area contributed by atoms with E-state index in [0.29, 0.717) is 13.2 Å². The molecule has 0 bridgehead atoms. The van der Waals surface area contributed by atoms with E-state index in [0.717, 1.165) is 6.42 Å². The van der Waals surface area contributed by atoms with Crippen molar-refractivity contribution < 1.29 is 14.9 Å². The van der Waals surface area contributed by atoms with Crippen LogP contribution in [0.25, 0.3) is 0 Å². The highest BCUT2D eigenvalue weighted by molar-refractivity contribution is 4.75. The molecule has 2 atom stereocenters. The number of rotatable bonds is 7. The Kier molecular flexibility index (Phi) is 6.24. The Morgan fingerprint density at radius 2 is 2.15 bits per heavy atom. The third-order valence-corrected chi connectivity index (χ3v) is 1.93. The summed E-state index contributed by atoms with van der Waals surface area (Å²) in [7, 11) is 1.66. The summed E-state index contributed by atoms with van der Waals surface area (Å²) in [5.74, 6) is 0. The molecule has 2 unspecified atom stereocenters. The van der Waals surface area contributed by atoms with Crippen LogP contribution in [0, 0.1) is 0 Å². The van der Waals surface area contributed by atoms with Gasteiger partial charge in [-0.2, -0.15) is 0 Å². The third-order valence-electron chi connectivity index (χ3n) is 1.93. The summed E-state index contributed by atoms with van der Waals surface area (Å²) in [6, 6.07) is 0.290. The number of methoxy groups -OCH3 is 1. The fraction of sp³-hybridized carbons (Fsp3) is 1.00. The van der Waals surface area contributed by atoms with Gasteiger partial charge in [-0.05, 0) is 20.3 Å². The summed E-state index contributed by atoms with van der Waals surface area (Å²) >= 11 is 0. The Bertz CT molecular complexity index is 128. The van der Waals surface area contributed by atoms with Crippen LogP contribution in [-0.2, 0) is 4.74 Å². The quantitative estimate of drug-likeness (QED) is 0.519. The molecule has 0 rings (SSSR count). The average molecular weight is 191 g/mol. The van der Waals surface area contributed by atoms with Crippen molar-refractivity contribution in [1.29, 1.82) is 0 Å². The van der Waals surface area contributed by atoms with E-state index in [1.807, 2.05) is 6.92 Å². The zero-order valence-electron chi connectivity index (χ0n) is 8.71. The molecule has 0 aliphatic rings. The molecule has 0 aliphatic carbocycles. The summed E-state index contributed by atoms with van der Waals surface area (Å²) in [6.45, 7) is 4.50. The number of aliphatic hydroxyl groups excluding tert-OH is 1. The zero-order valence-corrected chi connectivity index (χ0v) is 8.71. The highest BCUT2D eigenvalue weighted by Crippen LogP contribution is 2.00. The Labute approximate surface area is 79.9 Å². The van der Waals surface area contributed by atoms with Gasteiger partial charge in [0.25, 0.3) is 0 Å². The molecule has 0 amide bonds. The van der Waals surface area contributed by atoms with Crippen molar-refractivity contribution in [3.63, 3.8) is 0 Å². The van der Waals surface area contributed by atoms with Crippen LogP contribution >= 0.6 is 0 Å². The summed E-state index contributed by atoms with van der Waals surface area (Å²) in [6.07, 6.45) is 0.901. The van der Waals surface area contributed by atoms with E-state index in [2.05, 4.69) is 5.32 Å². The molecule has 0 aliphatic heterocycles. The van der Waals surface area contributed by atoms with Crippen molar-refractivity contribution >= 4 is 0 Å². The number of aliphatic hydroxyl groups is 2. The average Bonchev–Trinajstić information content (AvgIpc) is 2.11. The molecule has 0 saturated carbocycles. The maximum atomic E-state index is 9.45. The molecule has 0 fully saturated rings. The van der Waals surface area contributed by atoms with Gasteiger partial charge in [0.15, 0.2) is 0 Å². The van der Waals surface area contributed by atoms with Gasteiger partial charge in [0.1, 0.15) is 0 Å². The maximum absolute atomic E-state index is 9.45. The van der Waals surface area contributed by atoms with Crippen LogP contribution in [0.2, 0.25) is 0 Å². The minimum atomic E-state index is -1.03. The van der Waals surface area contributed by atoms with E-state index in [1.54, 1.807) is 14.0 Å². The van der Waals surface area contributed by atoms with Crippen LogP contribution in [0.3, 0.4) is 0 Å². The molecule has 0 saturated heterocycles. The van der Waals surface area contributed by atoms with Crippen LogP contribution in [0.4, 0.5) is 0 Å². The standard InChI is InChI=1S/C9H21NO3/c1-8(4-5-13-3)10-6-9(2,12)7-11/h8,10-12H,4-7H2,1-3H3. The molecule has 13 heavy (non-hydrogen) atoms. The normalized spacial score (nSPS) is 18.2. The second-order valence-electron chi connectivity index (χ2n) is 3.72. The molecule has 4 nitrogen and oxygen atoms in total. The van der Waals surface area contributed by atoms with Crippen molar-refractivity contribution in [2.45, 2.75) is 31.9 Å². The third kappa shape index (κ3) is 6.95. The van der Waals surface area contributed by atoms with E-state index < -0.39 is 5.60 Å². The van der Waals surface area contributed by atoms with Crippen molar-refractivity contribution in [1.82, 2.24) is 5.32 Å². The molecular formula is C9H21NO3. The van der Waals surface area contributed by atoms with Crippen LogP contribution in [0.5, 0.6) is 0 Å². The van der Waals surface area contributed by atoms with Gasteiger partial charge >= 0.3 is 0 Å².